The summed E-state index contributed by atoms with van der Waals surface area (Å²) >= 11 is 5.69. The highest BCUT2D eigenvalue weighted by Crippen LogP contribution is 2.25. The third-order valence-electron chi connectivity index (χ3n) is 2.72. The third kappa shape index (κ3) is 3.29. The molecule has 1 heterocycles. The third-order valence-corrected chi connectivity index (χ3v) is 3.04. The van der Waals surface area contributed by atoms with E-state index < -0.39 is 10.8 Å². The van der Waals surface area contributed by atoms with Gasteiger partial charge in [-0.05, 0) is 26.0 Å². The molecule has 1 aromatic heterocycles. The van der Waals surface area contributed by atoms with Gasteiger partial charge in [-0.2, -0.15) is 5.10 Å². The average Bonchev–Trinajstić information content (AvgIpc) is 2.43. The van der Waals surface area contributed by atoms with Crippen LogP contribution < -0.4 is 5.32 Å². The number of amides is 1. The van der Waals surface area contributed by atoms with Crippen LogP contribution in [-0.4, -0.2) is 26.0 Å². The van der Waals surface area contributed by atoms with Crippen molar-refractivity contribution in [2.75, 3.05) is 5.32 Å². The van der Waals surface area contributed by atoms with Crippen LogP contribution >= 0.6 is 11.6 Å². The van der Waals surface area contributed by atoms with Gasteiger partial charge >= 0.3 is 0 Å². The lowest BCUT2D eigenvalue weighted by atomic mass is 10.2. The second-order valence-electron chi connectivity index (χ2n) is 4.18. The number of nitrogens with one attached hydrogen (secondary N) is 1. The number of carbonyl (C=O) groups excluding carboxylic acids is 1. The van der Waals surface area contributed by atoms with E-state index >= 15 is 0 Å². The Balaban J connectivity index is 2.26. The largest absolute Gasteiger partial charge is 0.289 e. The minimum Gasteiger partial charge on any atom is -0.289 e. The van der Waals surface area contributed by atoms with Crippen molar-refractivity contribution < 1.29 is 9.72 Å². The van der Waals surface area contributed by atoms with Crippen LogP contribution in [0, 0.1) is 24.0 Å². The summed E-state index contributed by atoms with van der Waals surface area (Å²) in [6.45, 7) is 3.47. The van der Waals surface area contributed by atoms with Crippen LogP contribution in [0.15, 0.2) is 18.2 Å². The molecule has 108 valence electrons. The molecule has 0 atom stereocenters. The molecule has 0 bridgehead atoms. The summed E-state index contributed by atoms with van der Waals surface area (Å²) in [5.74, 6) is -0.555. The monoisotopic (exact) mass is 307 g/mol. The number of nitro benzene ring substituents is 1. The smallest absolute Gasteiger partial charge is 0.288 e. The lowest BCUT2D eigenvalue weighted by molar-refractivity contribution is -0.384. The van der Waals surface area contributed by atoms with Crippen molar-refractivity contribution in [1.82, 2.24) is 15.2 Å². The molecule has 0 spiro atoms. The summed E-state index contributed by atoms with van der Waals surface area (Å²) in [4.78, 5) is 26.2. The first-order valence-corrected chi connectivity index (χ1v) is 6.19. The Labute approximate surface area is 124 Å². The predicted molar refractivity (Wildman–Crippen MR) is 75.4 cm³/mol. The molecule has 8 nitrogen and oxygen atoms in total. The van der Waals surface area contributed by atoms with Gasteiger partial charge in [0.1, 0.15) is 5.02 Å². The Morgan fingerprint density at radius 3 is 2.62 bits per heavy atom. The molecule has 1 aromatic carbocycles. The Bertz CT molecular complexity index is 735. The maximum Gasteiger partial charge on any atom is 0.288 e. The van der Waals surface area contributed by atoms with Gasteiger partial charge in [0.05, 0.1) is 16.3 Å². The van der Waals surface area contributed by atoms with Crippen LogP contribution in [0.25, 0.3) is 0 Å². The first-order valence-electron chi connectivity index (χ1n) is 5.81. The molecule has 9 heteroatoms. The number of aryl methyl sites for hydroxylation is 2. The lowest BCUT2D eigenvalue weighted by Gasteiger charge is -2.05. The second kappa shape index (κ2) is 5.80. The molecule has 2 rings (SSSR count). The van der Waals surface area contributed by atoms with E-state index in [1.54, 1.807) is 13.8 Å². The molecule has 1 N–H and O–H groups in total. The molecule has 2 aromatic rings. The number of aromatic nitrogens is 3. The van der Waals surface area contributed by atoms with Gasteiger partial charge in [0.15, 0.2) is 0 Å². The highest BCUT2D eigenvalue weighted by molar-refractivity contribution is 6.32. The van der Waals surface area contributed by atoms with Crippen LogP contribution in [0.4, 0.5) is 11.6 Å². The van der Waals surface area contributed by atoms with Crippen LogP contribution in [0.1, 0.15) is 21.7 Å². The molecule has 0 saturated carbocycles. The number of nitrogens with zero attached hydrogens (tertiary/aromatic N) is 4. The highest BCUT2D eigenvalue weighted by atomic mass is 35.5. The van der Waals surface area contributed by atoms with Gasteiger partial charge in [0.25, 0.3) is 11.6 Å². The zero-order valence-corrected chi connectivity index (χ0v) is 11.9. The van der Waals surface area contributed by atoms with Gasteiger partial charge in [-0.15, -0.1) is 5.10 Å². The zero-order valence-electron chi connectivity index (χ0n) is 11.1. The SMILES string of the molecule is Cc1nnc(NC(=O)c2ccc(Cl)c([N+](=O)[O-])c2)nc1C. The summed E-state index contributed by atoms with van der Waals surface area (Å²) in [5.41, 5.74) is 1.01. The number of rotatable bonds is 3. The van der Waals surface area contributed by atoms with Crippen LogP contribution in [0.2, 0.25) is 5.02 Å². The number of carbonyl (C=O) groups is 1. The van der Waals surface area contributed by atoms with Crippen molar-refractivity contribution in [3.05, 3.63) is 50.3 Å². The van der Waals surface area contributed by atoms with Crippen LogP contribution in [-0.2, 0) is 0 Å². The van der Waals surface area contributed by atoms with E-state index in [0.29, 0.717) is 11.4 Å². The van der Waals surface area contributed by atoms with E-state index in [1.165, 1.54) is 12.1 Å². The predicted octanol–water partition coefficient (Wildman–Crippen LogP) is 2.30. The van der Waals surface area contributed by atoms with Crippen molar-refractivity contribution in [3.8, 4) is 0 Å². The Hall–Kier alpha value is -2.61. The molecule has 0 aliphatic rings. The average molecular weight is 308 g/mol. The number of halogens is 1. The maximum absolute atomic E-state index is 12.0. The highest BCUT2D eigenvalue weighted by Gasteiger charge is 2.17. The standard InChI is InChI=1S/C12H10ClN5O3/c1-6-7(2)16-17-12(14-6)15-11(19)8-3-4-9(13)10(5-8)18(20)21/h3-5H,1-2H3,(H,14,15,17,19). The molecule has 1 amide bonds. The number of nitro groups is 1. The van der Waals surface area contributed by atoms with E-state index in [2.05, 4.69) is 20.5 Å². The topological polar surface area (TPSA) is 111 Å². The minimum absolute atomic E-state index is 0.0284. The Morgan fingerprint density at radius 1 is 1.29 bits per heavy atom. The van der Waals surface area contributed by atoms with Crippen LogP contribution in [0.5, 0.6) is 0 Å². The van der Waals surface area contributed by atoms with E-state index in [4.69, 9.17) is 11.6 Å². The second-order valence-corrected chi connectivity index (χ2v) is 4.59. The lowest BCUT2D eigenvalue weighted by Crippen LogP contribution is -2.15. The normalized spacial score (nSPS) is 10.2. The van der Waals surface area contributed by atoms with Gasteiger partial charge in [-0.1, -0.05) is 11.6 Å². The maximum atomic E-state index is 12.0. The quantitative estimate of drug-likeness (QED) is 0.688. The summed E-state index contributed by atoms with van der Waals surface area (Å²) in [6, 6.07) is 3.75. The van der Waals surface area contributed by atoms with Crippen molar-refractivity contribution in [2.24, 2.45) is 0 Å². The Kier molecular flexibility index (Phi) is 4.08. The fraction of sp³-hybridized carbons (Fsp3) is 0.167. The molecule has 0 unspecified atom stereocenters. The fourth-order valence-corrected chi connectivity index (χ4v) is 1.66. The molecular formula is C12H10ClN5O3. The van der Waals surface area contributed by atoms with E-state index in [0.717, 1.165) is 6.07 Å². The summed E-state index contributed by atoms with van der Waals surface area (Å²) in [7, 11) is 0. The zero-order chi connectivity index (χ0) is 15.6. The fourth-order valence-electron chi connectivity index (χ4n) is 1.48. The molecule has 0 saturated heterocycles. The van der Waals surface area contributed by atoms with E-state index in [-0.39, 0.29) is 22.2 Å². The molecule has 21 heavy (non-hydrogen) atoms. The summed E-state index contributed by atoms with van der Waals surface area (Å²) < 4.78 is 0. The molecule has 0 aliphatic carbocycles. The van der Waals surface area contributed by atoms with Gasteiger partial charge in [-0.3, -0.25) is 20.2 Å². The van der Waals surface area contributed by atoms with Crippen LogP contribution in [0.3, 0.4) is 0 Å². The van der Waals surface area contributed by atoms with Crippen molar-refractivity contribution >= 4 is 29.1 Å². The molecule has 0 radical (unpaired) electrons. The van der Waals surface area contributed by atoms with Gasteiger partial charge < -0.3 is 0 Å². The molecular weight excluding hydrogens is 298 g/mol. The number of hydrogen-bond donors (Lipinski definition) is 1. The summed E-state index contributed by atoms with van der Waals surface area (Å²) in [6.07, 6.45) is 0. The van der Waals surface area contributed by atoms with Crippen molar-refractivity contribution in [2.45, 2.75) is 13.8 Å². The van der Waals surface area contributed by atoms with Crippen molar-refractivity contribution in [1.29, 1.82) is 0 Å². The van der Waals surface area contributed by atoms with E-state index in [9.17, 15) is 14.9 Å². The van der Waals surface area contributed by atoms with Gasteiger partial charge in [-0.25, -0.2) is 4.98 Å². The molecule has 0 fully saturated rings. The van der Waals surface area contributed by atoms with Gasteiger partial charge in [0.2, 0.25) is 5.95 Å². The number of benzene rings is 1. The van der Waals surface area contributed by atoms with Gasteiger partial charge in [0, 0.05) is 11.6 Å². The molecule has 0 aliphatic heterocycles. The first-order chi connectivity index (χ1) is 9.88. The van der Waals surface area contributed by atoms with Crippen molar-refractivity contribution in [3.63, 3.8) is 0 Å². The summed E-state index contributed by atoms with van der Waals surface area (Å²) in [5, 5.41) is 20.7. The minimum atomic E-state index is -0.660. The van der Waals surface area contributed by atoms with E-state index in [1.807, 2.05) is 0 Å². The Morgan fingerprint density at radius 2 is 2.00 bits per heavy atom. The first kappa shape index (κ1) is 14.8. The number of anilines is 1. The number of hydrogen-bond acceptors (Lipinski definition) is 6.